The van der Waals surface area contributed by atoms with Crippen LogP contribution in [0.2, 0.25) is 0 Å². The number of hydrogen-bond donors (Lipinski definition) is 1. The van der Waals surface area contributed by atoms with Crippen LogP contribution in [0.5, 0.6) is 0 Å². The van der Waals surface area contributed by atoms with E-state index in [0.717, 1.165) is 26.1 Å². The lowest BCUT2D eigenvalue weighted by atomic mass is 10.4. The molecule has 0 heterocycles. The molecule has 0 aliphatic carbocycles. The highest BCUT2D eigenvalue weighted by Gasteiger charge is 1.89. The Hall–Kier alpha value is -0.120. The fourth-order valence-corrected chi connectivity index (χ4v) is 0.627. The molecule has 0 fully saturated rings. The largest absolute Gasteiger partial charge is 0.309 e. The van der Waals surface area contributed by atoms with E-state index in [1.807, 2.05) is 6.92 Å². The summed E-state index contributed by atoms with van der Waals surface area (Å²) in [5, 5.41) is 0. The van der Waals surface area contributed by atoms with Crippen molar-refractivity contribution in [2.24, 2.45) is 0 Å². The van der Waals surface area contributed by atoms with Gasteiger partial charge in [-0.1, -0.05) is 6.92 Å². The van der Waals surface area contributed by atoms with E-state index < -0.39 is 0 Å². The van der Waals surface area contributed by atoms with Crippen molar-refractivity contribution in [3.05, 3.63) is 0 Å². The van der Waals surface area contributed by atoms with E-state index in [9.17, 15) is 0 Å². The van der Waals surface area contributed by atoms with Crippen LogP contribution in [0.3, 0.4) is 0 Å². The molecule has 0 saturated heterocycles. The van der Waals surface area contributed by atoms with Crippen LogP contribution in [-0.4, -0.2) is 38.7 Å². The van der Waals surface area contributed by atoms with Crippen LogP contribution in [0.4, 0.5) is 0 Å². The predicted molar refractivity (Wildman–Crippen MR) is 42.8 cm³/mol. The molecule has 3 heteroatoms. The Morgan fingerprint density at radius 2 is 2.10 bits per heavy atom. The van der Waals surface area contributed by atoms with Crippen LogP contribution in [0.1, 0.15) is 13.3 Å². The fourth-order valence-electron chi connectivity index (χ4n) is 0.627. The van der Waals surface area contributed by atoms with Gasteiger partial charge < -0.3 is 9.74 Å². The quantitative estimate of drug-likeness (QED) is 0.436. The van der Waals surface area contributed by atoms with Crippen molar-refractivity contribution in [3.8, 4) is 0 Å². The molecule has 0 bridgehead atoms. The second-order valence-electron chi connectivity index (χ2n) is 2.50. The van der Waals surface area contributed by atoms with Gasteiger partial charge in [-0.15, -0.1) is 0 Å². The average Bonchev–Trinajstić information content (AvgIpc) is 1.87. The standard InChI is InChI=1S/C7H18N2O/c1-4-8-10-7-5-6-9(2)3/h8H,4-7H2,1-3H3. The first-order chi connectivity index (χ1) is 4.77. The van der Waals surface area contributed by atoms with Crippen LogP contribution in [-0.2, 0) is 4.84 Å². The molecule has 0 aromatic heterocycles. The molecule has 0 saturated carbocycles. The van der Waals surface area contributed by atoms with Crippen LogP contribution >= 0.6 is 0 Å². The summed E-state index contributed by atoms with van der Waals surface area (Å²) < 4.78 is 0. The van der Waals surface area contributed by atoms with E-state index in [1.54, 1.807) is 0 Å². The first-order valence-electron chi connectivity index (χ1n) is 3.76. The molecule has 10 heavy (non-hydrogen) atoms. The van der Waals surface area contributed by atoms with Gasteiger partial charge >= 0.3 is 0 Å². The monoisotopic (exact) mass is 146 g/mol. The average molecular weight is 146 g/mol. The van der Waals surface area contributed by atoms with Crippen molar-refractivity contribution in [2.75, 3.05) is 33.8 Å². The van der Waals surface area contributed by atoms with Crippen molar-refractivity contribution in [2.45, 2.75) is 13.3 Å². The summed E-state index contributed by atoms with van der Waals surface area (Å²) in [6.45, 7) is 4.78. The Bertz CT molecular complexity index is 66.6. The highest BCUT2D eigenvalue weighted by Crippen LogP contribution is 1.82. The predicted octanol–water partition coefficient (Wildman–Crippen LogP) is 0.479. The molecule has 3 nitrogen and oxygen atoms in total. The van der Waals surface area contributed by atoms with E-state index >= 15 is 0 Å². The third kappa shape index (κ3) is 7.88. The maximum atomic E-state index is 5.06. The number of hydroxylamine groups is 1. The third-order valence-corrected chi connectivity index (χ3v) is 1.10. The minimum absolute atomic E-state index is 0.798. The maximum Gasteiger partial charge on any atom is 0.0694 e. The van der Waals surface area contributed by atoms with Crippen LogP contribution < -0.4 is 5.48 Å². The molecular formula is C7H18N2O. The maximum absolute atomic E-state index is 5.06. The van der Waals surface area contributed by atoms with Gasteiger partial charge in [-0.2, -0.15) is 0 Å². The van der Waals surface area contributed by atoms with Crippen LogP contribution in [0.25, 0.3) is 0 Å². The molecule has 0 unspecified atom stereocenters. The highest BCUT2D eigenvalue weighted by molar-refractivity contribution is 4.41. The van der Waals surface area contributed by atoms with E-state index in [2.05, 4.69) is 24.5 Å². The van der Waals surface area contributed by atoms with Crippen LogP contribution in [0.15, 0.2) is 0 Å². The summed E-state index contributed by atoms with van der Waals surface area (Å²) in [4.78, 5) is 7.20. The van der Waals surface area contributed by atoms with Crippen molar-refractivity contribution in [1.82, 2.24) is 10.4 Å². The Balaban J connectivity index is 2.77. The van der Waals surface area contributed by atoms with Gasteiger partial charge in [0, 0.05) is 6.54 Å². The molecule has 0 aromatic carbocycles. The van der Waals surface area contributed by atoms with Gasteiger partial charge in [-0.25, -0.2) is 5.48 Å². The van der Waals surface area contributed by atoms with Crippen molar-refractivity contribution in [3.63, 3.8) is 0 Å². The zero-order chi connectivity index (χ0) is 7.82. The van der Waals surface area contributed by atoms with Gasteiger partial charge in [0.15, 0.2) is 0 Å². The molecule has 0 aromatic rings. The zero-order valence-corrected chi connectivity index (χ0v) is 7.18. The third-order valence-electron chi connectivity index (χ3n) is 1.10. The van der Waals surface area contributed by atoms with Gasteiger partial charge in [-0.05, 0) is 27.1 Å². The molecule has 0 radical (unpaired) electrons. The number of hydrogen-bond acceptors (Lipinski definition) is 3. The summed E-state index contributed by atoms with van der Waals surface area (Å²) in [6, 6.07) is 0. The molecule has 0 atom stereocenters. The van der Waals surface area contributed by atoms with Crippen LogP contribution in [0, 0.1) is 0 Å². The lowest BCUT2D eigenvalue weighted by molar-refractivity contribution is 0.0402. The molecular weight excluding hydrogens is 128 g/mol. The summed E-state index contributed by atoms with van der Waals surface area (Å²) in [5.74, 6) is 0. The van der Waals surface area contributed by atoms with Gasteiger partial charge in [0.25, 0.3) is 0 Å². The molecule has 0 rings (SSSR count). The van der Waals surface area contributed by atoms with Crippen molar-refractivity contribution in [1.29, 1.82) is 0 Å². The summed E-state index contributed by atoms with van der Waals surface area (Å²) in [6.07, 6.45) is 1.08. The van der Waals surface area contributed by atoms with Gasteiger partial charge in [-0.3, -0.25) is 0 Å². The second-order valence-corrected chi connectivity index (χ2v) is 2.50. The Labute approximate surface area is 63.3 Å². The second kappa shape index (κ2) is 6.99. The Morgan fingerprint density at radius 1 is 1.40 bits per heavy atom. The number of rotatable bonds is 6. The number of nitrogens with zero attached hydrogens (tertiary/aromatic N) is 1. The normalized spacial score (nSPS) is 10.8. The van der Waals surface area contributed by atoms with Gasteiger partial charge in [0.1, 0.15) is 0 Å². The first-order valence-corrected chi connectivity index (χ1v) is 3.76. The summed E-state index contributed by atoms with van der Waals surface area (Å²) in [7, 11) is 4.13. The smallest absolute Gasteiger partial charge is 0.0694 e. The first kappa shape index (κ1) is 9.88. The molecule has 1 N–H and O–H groups in total. The minimum atomic E-state index is 0.798. The lowest BCUT2D eigenvalue weighted by Gasteiger charge is -2.08. The van der Waals surface area contributed by atoms with E-state index in [0.29, 0.717) is 0 Å². The minimum Gasteiger partial charge on any atom is -0.309 e. The van der Waals surface area contributed by atoms with Crippen molar-refractivity contribution < 1.29 is 4.84 Å². The fraction of sp³-hybridized carbons (Fsp3) is 1.00. The molecule has 62 valence electrons. The topological polar surface area (TPSA) is 24.5 Å². The molecule has 0 aliphatic rings. The van der Waals surface area contributed by atoms with E-state index in [1.165, 1.54) is 0 Å². The van der Waals surface area contributed by atoms with E-state index in [-0.39, 0.29) is 0 Å². The lowest BCUT2D eigenvalue weighted by Crippen LogP contribution is -2.19. The number of nitrogens with one attached hydrogen (secondary N) is 1. The highest BCUT2D eigenvalue weighted by atomic mass is 16.6. The summed E-state index contributed by atoms with van der Waals surface area (Å²) >= 11 is 0. The van der Waals surface area contributed by atoms with Gasteiger partial charge in [0.2, 0.25) is 0 Å². The molecule has 0 aliphatic heterocycles. The van der Waals surface area contributed by atoms with Crippen molar-refractivity contribution >= 4 is 0 Å². The zero-order valence-electron chi connectivity index (χ0n) is 7.18. The SMILES string of the molecule is CCNOCCCN(C)C. The summed E-state index contributed by atoms with van der Waals surface area (Å²) in [5.41, 5.74) is 2.80. The molecule has 0 amide bonds. The Kier molecular flexibility index (Phi) is 6.91. The van der Waals surface area contributed by atoms with Gasteiger partial charge in [0.05, 0.1) is 6.61 Å². The van der Waals surface area contributed by atoms with E-state index in [4.69, 9.17) is 4.84 Å². The molecule has 0 spiro atoms. The Morgan fingerprint density at radius 3 is 2.60 bits per heavy atom.